The third-order valence-corrected chi connectivity index (χ3v) is 9.28. The Morgan fingerprint density at radius 3 is 2.44 bits per heavy atom. The van der Waals surface area contributed by atoms with E-state index in [4.69, 9.17) is 4.74 Å². The minimum Gasteiger partial charge on any atom is -0.453 e. The topological polar surface area (TPSA) is 94.5 Å². The molecule has 3 aromatic rings. The number of aryl methyl sites for hydroxylation is 1. The molecule has 1 heterocycles. The zero-order valence-electron chi connectivity index (χ0n) is 21.0. The number of methoxy groups -OCH3 is 1. The van der Waals surface area contributed by atoms with Gasteiger partial charge in [0.05, 0.1) is 17.5 Å². The Labute approximate surface area is 212 Å². The van der Waals surface area contributed by atoms with Gasteiger partial charge < -0.3 is 10.1 Å². The van der Waals surface area contributed by atoms with Crippen molar-refractivity contribution in [2.75, 3.05) is 7.11 Å². The monoisotopic (exact) mass is 508 g/mol. The van der Waals surface area contributed by atoms with Crippen molar-refractivity contribution in [3.05, 3.63) is 78.5 Å². The number of carbonyl (C=O) groups excluding carboxylic acids is 2. The Bertz CT molecular complexity index is 1420. The van der Waals surface area contributed by atoms with Crippen LogP contribution in [-0.4, -0.2) is 37.4 Å². The van der Waals surface area contributed by atoms with Gasteiger partial charge >= 0.3 is 6.09 Å². The molecule has 1 aliphatic rings. The van der Waals surface area contributed by atoms with Crippen LogP contribution in [0.2, 0.25) is 0 Å². The highest BCUT2D eigenvalue weighted by Crippen LogP contribution is 2.50. The molecule has 0 aliphatic heterocycles. The number of Topliss-reactive ketones (excluding diaryl/α,β-unsaturated/α-hetero) is 1. The molecule has 7 nitrogen and oxygen atoms in total. The lowest BCUT2D eigenvalue weighted by Crippen LogP contribution is -2.54. The second kappa shape index (κ2) is 9.58. The van der Waals surface area contributed by atoms with E-state index >= 15 is 0 Å². The van der Waals surface area contributed by atoms with E-state index < -0.39 is 39.4 Å². The van der Waals surface area contributed by atoms with E-state index in [1.807, 2.05) is 26.0 Å². The first-order valence-electron chi connectivity index (χ1n) is 11.9. The summed E-state index contributed by atoms with van der Waals surface area (Å²) in [5.74, 6) is -0.916. The van der Waals surface area contributed by atoms with Crippen LogP contribution in [0.15, 0.2) is 72.3 Å². The first-order chi connectivity index (χ1) is 17.0. The molecule has 1 saturated carbocycles. The number of benzene rings is 2. The van der Waals surface area contributed by atoms with Crippen LogP contribution in [0, 0.1) is 18.3 Å². The van der Waals surface area contributed by atoms with Crippen molar-refractivity contribution in [2.45, 2.75) is 50.5 Å². The van der Waals surface area contributed by atoms with Gasteiger partial charge in [-0.2, -0.15) is 0 Å². The molecule has 0 bridgehead atoms. The van der Waals surface area contributed by atoms with Gasteiger partial charge in [0.2, 0.25) is 0 Å². The highest BCUT2D eigenvalue weighted by molar-refractivity contribution is 7.90. The fraction of sp³-hybridized carbons (Fsp3) is 0.357. The maximum Gasteiger partial charge on any atom is 0.407 e. The number of ether oxygens (including phenoxy) is 1. The number of aromatic nitrogens is 1. The van der Waals surface area contributed by atoms with Crippen LogP contribution in [0.3, 0.4) is 0 Å². The molecule has 1 aliphatic carbocycles. The van der Waals surface area contributed by atoms with Crippen molar-refractivity contribution in [2.24, 2.45) is 11.3 Å². The molecule has 36 heavy (non-hydrogen) atoms. The Morgan fingerprint density at radius 2 is 1.83 bits per heavy atom. The summed E-state index contributed by atoms with van der Waals surface area (Å²) < 4.78 is 33.7. The number of alkyl carbamates (subject to hydrolysis) is 1. The molecule has 1 aromatic heterocycles. The Hall–Kier alpha value is -3.39. The smallest absolute Gasteiger partial charge is 0.407 e. The fourth-order valence-corrected chi connectivity index (χ4v) is 6.81. The van der Waals surface area contributed by atoms with Gasteiger partial charge in [0.1, 0.15) is 5.78 Å². The number of amides is 1. The number of carbonyl (C=O) groups is 2. The summed E-state index contributed by atoms with van der Waals surface area (Å²) in [7, 11) is -2.63. The second-order valence-corrected chi connectivity index (χ2v) is 11.6. The molecule has 2 aromatic carbocycles. The maximum absolute atomic E-state index is 13.7. The largest absolute Gasteiger partial charge is 0.453 e. The number of rotatable bonds is 6. The van der Waals surface area contributed by atoms with Crippen molar-refractivity contribution in [3.8, 4) is 0 Å². The highest BCUT2D eigenvalue weighted by Gasteiger charge is 2.49. The average Bonchev–Trinajstić information content (AvgIpc) is 3.25. The first kappa shape index (κ1) is 25.7. The number of hydrogen-bond acceptors (Lipinski definition) is 5. The third kappa shape index (κ3) is 4.34. The molecule has 0 radical (unpaired) electrons. The van der Waals surface area contributed by atoms with Gasteiger partial charge in [-0.25, -0.2) is 17.2 Å². The molecule has 0 spiro atoms. The molecule has 0 unspecified atom stereocenters. The predicted octanol–water partition coefficient (Wildman–Crippen LogP) is 5.19. The minimum absolute atomic E-state index is 0.0130. The van der Waals surface area contributed by atoms with E-state index in [0.717, 1.165) is 10.9 Å². The van der Waals surface area contributed by atoms with Crippen LogP contribution in [0.25, 0.3) is 10.9 Å². The first-order valence-corrected chi connectivity index (χ1v) is 13.4. The van der Waals surface area contributed by atoms with Crippen LogP contribution >= 0.6 is 0 Å². The van der Waals surface area contributed by atoms with Crippen LogP contribution in [0.4, 0.5) is 4.79 Å². The van der Waals surface area contributed by atoms with Gasteiger partial charge in [0.25, 0.3) is 10.0 Å². The lowest BCUT2D eigenvalue weighted by atomic mass is 9.60. The molecule has 0 saturated heterocycles. The van der Waals surface area contributed by atoms with Gasteiger partial charge in [0, 0.05) is 34.9 Å². The number of nitrogens with zero attached hydrogens (tertiary/aromatic N) is 1. The molecule has 4 atom stereocenters. The van der Waals surface area contributed by atoms with Crippen molar-refractivity contribution in [1.82, 2.24) is 9.29 Å². The van der Waals surface area contributed by atoms with Gasteiger partial charge in [-0.1, -0.05) is 48.9 Å². The Morgan fingerprint density at radius 1 is 1.17 bits per heavy atom. The summed E-state index contributed by atoms with van der Waals surface area (Å²) in [5, 5.41) is 3.67. The molecule has 190 valence electrons. The summed E-state index contributed by atoms with van der Waals surface area (Å²) >= 11 is 0. The highest BCUT2D eigenvalue weighted by atomic mass is 32.2. The third-order valence-electron chi connectivity index (χ3n) is 7.59. The zero-order valence-corrected chi connectivity index (χ0v) is 21.8. The maximum atomic E-state index is 13.7. The van der Waals surface area contributed by atoms with Crippen molar-refractivity contribution < 1.29 is 22.7 Å². The molecular formula is C28H32N2O5S. The zero-order chi connectivity index (χ0) is 26.3. The van der Waals surface area contributed by atoms with Crippen molar-refractivity contribution in [1.29, 1.82) is 0 Å². The lowest BCUT2D eigenvalue weighted by Gasteiger charge is -2.47. The van der Waals surface area contributed by atoms with E-state index in [2.05, 4.69) is 11.9 Å². The van der Waals surface area contributed by atoms with E-state index in [0.29, 0.717) is 23.9 Å². The Balaban J connectivity index is 1.97. The number of nitrogens with one attached hydrogen (secondary N) is 1. The minimum atomic E-state index is -3.92. The van der Waals surface area contributed by atoms with E-state index in [1.54, 1.807) is 55.6 Å². The van der Waals surface area contributed by atoms with Crippen molar-refractivity contribution in [3.63, 3.8) is 0 Å². The summed E-state index contributed by atoms with van der Waals surface area (Å²) in [6, 6.07) is 13.4. The number of hydrogen-bond donors (Lipinski definition) is 1. The molecule has 1 fully saturated rings. The van der Waals surface area contributed by atoms with Crippen LogP contribution in [-0.2, 0) is 19.6 Å². The molecular weight excluding hydrogens is 476 g/mol. The molecule has 1 amide bonds. The SMILES string of the molecule is C=C[C@@]1(C)CC[C@@H](C(C)=O)[C@H](c2cn(S(=O)(=O)c3ccc(C)cc3)c3ccccc23)[C@H]1NC(=O)OC. The van der Waals surface area contributed by atoms with Crippen LogP contribution < -0.4 is 5.32 Å². The number of ketones is 1. The van der Waals surface area contributed by atoms with Gasteiger partial charge in [0.15, 0.2) is 0 Å². The summed E-state index contributed by atoms with van der Waals surface area (Å²) in [6.45, 7) is 9.45. The number of fused-ring (bicyclic) bond motifs is 1. The summed E-state index contributed by atoms with van der Waals surface area (Å²) in [5.41, 5.74) is 1.62. The van der Waals surface area contributed by atoms with E-state index in [1.165, 1.54) is 11.1 Å². The quantitative estimate of drug-likeness (QED) is 0.463. The molecule has 1 N–H and O–H groups in total. The van der Waals surface area contributed by atoms with E-state index in [-0.39, 0.29) is 10.7 Å². The number of para-hydroxylation sites is 1. The standard InChI is InChI=1S/C28H32N2O5S/c1-6-28(4)16-15-21(19(3)31)25(26(28)29-27(32)35-5)23-17-30(24-10-8-7-9-22(23)24)36(33,34)20-13-11-18(2)12-14-20/h6-14,17,21,25-26H,1,15-16H2,2-5H3,(H,29,32)/t21-,25+,26+,28-/m0/s1. The second-order valence-electron chi connectivity index (χ2n) is 9.82. The summed E-state index contributed by atoms with van der Waals surface area (Å²) in [4.78, 5) is 25.5. The predicted molar refractivity (Wildman–Crippen MR) is 139 cm³/mol. The lowest BCUT2D eigenvalue weighted by molar-refractivity contribution is -0.123. The Kier molecular flexibility index (Phi) is 6.84. The van der Waals surface area contributed by atoms with E-state index in [9.17, 15) is 18.0 Å². The van der Waals surface area contributed by atoms with Gasteiger partial charge in [-0.3, -0.25) is 4.79 Å². The molecule has 8 heteroatoms. The normalized spacial score (nSPS) is 24.3. The van der Waals surface area contributed by atoms with Crippen LogP contribution in [0.5, 0.6) is 0 Å². The fourth-order valence-electron chi connectivity index (χ4n) is 5.43. The van der Waals surface area contributed by atoms with Gasteiger partial charge in [-0.05, 0) is 50.5 Å². The van der Waals surface area contributed by atoms with Gasteiger partial charge in [-0.15, -0.1) is 6.58 Å². The average molecular weight is 509 g/mol. The summed E-state index contributed by atoms with van der Waals surface area (Å²) in [6.07, 6.45) is 4.04. The molecule has 4 rings (SSSR count). The van der Waals surface area contributed by atoms with Crippen molar-refractivity contribution >= 4 is 32.8 Å². The van der Waals surface area contributed by atoms with Crippen LogP contribution in [0.1, 0.15) is 43.7 Å².